The Balaban J connectivity index is 0.00000256. The van der Waals surface area contributed by atoms with Crippen LogP contribution in [-0.2, 0) is 20.1 Å². The number of hydrogen-bond donors (Lipinski definition) is 0. The van der Waals surface area contributed by atoms with Crippen LogP contribution in [0.5, 0.6) is 5.88 Å². The third-order valence-corrected chi connectivity index (χ3v) is 4.58. The fourth-order valence-electron chi connectivity index (χ4n) is 2.99. The summed E-state index contributed by atoms with van der Waals surface area (Å²) in [7, 11) is 1.98. The van der Waals surface area contributed by atoms with Crippen molar-refractivity contribution in [2.45, 2.75) is 13.0 Å². The van der Waals surface area contributed by atoms with E-state index in [1.54, 1.807) is 0 Å². The quantitative estimate of drug-likeness (QED) is 0.281. The van der Waals surface area contributed by atoms with E-state index >= 15 is 0 Å². The van der Waals surface area contributed by atoms with Gasteiger partial charge in [0.15, 0.2) is 0 Å². The summed E-state index contributed by atoms with van der Waals surface area (Å²) in [5.74, 6) is 1.39. The number of pyridine rings is 2. The van der Waals surface area contributed by atoms with Gasteiger partial charge in [0.05, 0.1) is 5.69 Å². The second-order valence-electron chi connectivity index (χ2n) is 6.62. The topological polar surface area (TPSA) is 38.2 Å². The van der Waals surface area contributed by atoms with E-state index in [-0.39, 0.29) is 26.2 Å². The van der Waals surface area contributed by atoms with Crippen LogP contribution in [0.3, 0.4) is 0 Å². The molecule has 153 valence electrons. The van der Waals surface area contributed by atoms with Crippen molar-refractivity contribution in [1.29, 1.82) is 0 Å². The molecule has 1 atom stereocenters. The average Bonchev–Trinajstić information content (AvgIpc) is 2.80. The summed E-state index contributed by atoms with van der Waals surface area (Å²) in [5.41, 5.74) is 3.56. The third-order valence-electron chi connectivity index (χ3n) is 4.58. The minimum atomic E-state index is -0.245. The van der Waals surface area contributed by atoms with Crippen molar-refractivity contribution < 1.29 is 24.8 Å². The fraction of sp³-hybridized carbons (Fsp3) is 0.120. The number of aromatic nitrogens is 2. The maximum Gasteiger partial charge on any atom is 0.204 e. The molecule has 4 rings (SSSR count). The van der Waals surface area contributed by atoms with E-state index in [0.29, 0.717) is 5.88 Å². The first-order valence-corrected chi connectivity index (χ1v) is 9.49. The Bertz CT molecular complexity index is 1070. The average molecular weight is 572 g/mol. The molecule has 2 heterocycles. The summed E-state index contributed by atoms with van der Waals surface area (Å²) in [5, 5.41) is 0. The molecule has 0 saturated heterocycles. The Morgan fingerprint density at radius 1 is 0.833 bits per heavy atom. The van der Waals surface area contributed by atoms with Crippen molar-refractivity contribution in [3.8, 4) is 17.1 Å². The van der Waals surface area contributed by atoms with E-state index in [1.165, 1.54) is 0 Å². The first-order chi connectivity index (χ1) is 14.2. The zero-order valence-electron chi connectivity index (χ0n) is 16.7. The zero-order chi connectivity index (χ0) is 20.1. The van der Waals surface area contributed by atoms with E-state index in [2.05, 4.69) is 17.1 Å². The Kier molecular flexibility index (Phi) is 7.34. The third kappa shape index (κ3) is 5.12. The maximum atomic E-state index is 6.09. The normalized spacial score (nSPS) is 11.3. The van der Waals surface area contributed by atoms with Crippen LogP contribution in [0.2, 0.25) is 0 Å². The van der Waals surface area contributed by atoms with Crippen molar-refractivity contribution in [2.75, 3.05) is 11.9 Å². The molecule has 0 amide bonds. The van der Waals surface area contributed by atoms with Crippen LogP contribution >= 0.6 is 0 Å². The summed E-state index contributed by atoms with van der Waals surface area (Å²) in [6.07, 6.45) is -0.245. The number of ether oxygens (including phenoxy) is 1. The van der Waals surface area contributed by atoms with Crippen molar-refractivity contribution in [3.05, 3.63) is 103 Å². The molecule has 0 aliphatic carbocycles. The SMILES string of the molecule is CC(Oc1cccc(-c2[c-]cccc2)n1)c1cccc(N(C)c2[c-]cccc2)n1.[Ir]. The van der Waals surface area contributed by atoms with Crippen LogP contribution in [-0.4, -0.2) is 17.0 Å². The standard InChI is InChI=1S/C25H21N3O.Ir/c1-19(29-25-18-10-16-23(27-25)20-11-5-3-6-12-20)22-15-9-17-24(26-22)28(2)21-13-7-4-8-14-21;/h3-11,13,15-19H,1-2H3;/q-2;. The Morgan fingerprint density at radius 3 is 2.33 bits per heavy atom. The number of anilines is 2. The molecule has 0 bridgehead atoms. The molecule has 4 aromatic rings. The molecule has 1 radical (unpaired) electrons. The molecule has 4 nitrogen and oxygen atoms in total. The number of benzene rings is 2. The van der Waals surface area contributed by atoms with Crippen LogP contribution in [0.1, 0.15) is 18.7 Å². The van der Waals surface area contributed by atoms with E-state index in [1.807, 2.05) is 104 Å². The number of rotatable bonds is 6. The van der Waals surface area contributed by atoms with Crippen LogP contribution < -0.4 is 9.64 Å². The van der Waals surface area contributed by atoms with E-state index in [9.17, 15) is 0 Å². The second-order valence-corrected chi connectivity index (χ2v) is 6.62. The number of hydrogen-bond acceptors (Lipinski definition) is 4. The van der Waals surface area contributed by atoms with Gasteiger partial charge < -0.3 is 9.64 Å². The van der Waals surface area contributed by atoms with Gasteiger partial charge in [-0.2, -0.15) is 24.3 Å². The molecular weight excluding hydrogens is 551 g/mol. The molecule has 5 heteroatoms. The largest absolute Gasteiger partial charge is 0.469 e. The zero-order valence-corrected chi connectivity index (χ0v) is 19.1. The van der Waals surface area contributed by atoms with Gasteiger partial charge in [-0.1, -0.05) is 23.9 Å². The maximum absolute atomic E-state index is 6.09. The van der Waals surface area contributed by atoms with Crippen LogP contribution in [0.25, 0.3) is 11.3 Å². The molecular formula is C25H21IrN3O-2. The molecule has 0 saturated carbocycles. The molecule has 2 aromatic carbocycles. The predicted octanol–water partition coefficient (Wildman–Crippen LogP) is 5.65. The monoisotopic (exact) mass is 572 g/mol. The Hall–Kier alpha value is -3.01. The number of nitrogens with zero attached hydrogens (tertiary/aromatic N) is 3. The smallest absolute Gasteiger partial charge is 0.204 e. The van der Waals surface area contributed by atoms with E-state index in [4.69, 9.17) is 9.72 Å². The van der Waals surface area contributed by atoms with Gasteiger partial charge in [-0.05, 0) is 30.8 Å². The van der Waals surface area contributed by atoms with Gasteiger partial charge in [-0.25, -0.2) is 4.98 Å². The van der Waals surface area contributed by atoms with Crippen molar-refractivity contribution in [2.24, 2.45) is 0 Å². The number of para-hydroxylation sites is 1. The van der Waals surface area contributed by atoms with Crippen LogP contribution in [0, 0.1) is 12.1 Å². The molecule has 2 aromatic heterocycles. The molecule has 0 spiro atoms. The molecule has 0 fully saturated rings. The van der Waals surface area contributed by atoms with Gasteiger partial charge in [0.1, 0.15) is 11.9 Å². The van der Waals surface area contributed by atoms with Crippen molar-refractivity contribution >= 4 is 11.5 Å². The van der Waals surface area contributed by atoms with E-state index < -0.39 is 0 Å². The minimum Gasteiger partial charge on any atom is -0.469 e. The van der Waals surface area contributed by atoms with Crippen molar-refractivity contribution in [1.82, 2.24) is 9.97 Å². The summed E-state index contributed by atoms with van der Waals surface area (Å²) >= 11 is 0. The van der Waals surface area contributed by atoms with Crippen LogP contribution in [0.15, 0.2) is 84.9 Å². The van der Waals surface area contributed by atoms with Gasteiger partial charge in [0.25, 0.3) is 0 Å². The Labute approximate surface area is 190 Å². The fourth-order valence-corrected chi connectivity index (χ4v) is 2.99. The Morgan fingerprint density at radius 2 is 1.60 bits per heavy atom. The van der Waals surface area contributed by atoms with Gasteiger partial charge in [0, 0.05) is 27.2 Å². The first-order valence-electron chi connectivity index (χ1n) is 9.49. The van der Waals surface area contributed by atoms with Crippen molar-refractivity contribution in [3.63, 3.8) is 0 Å². The predicted molar refractivity (Wildman–Crippen MR) is 115 cm³/mol. The summed E-state index contributed by atoms with van der Waals surface area (Å²) in [4.78, 5) is 11.4. The minimum absolute atomic E-state index is 0. The van der Waals surface area contributed by atoms with E-state index in [0.717, 1.165) is 28.5 Å². The molecule has 0 aliphatic rings. The molecule has 0 N–H and O–H groups in total. The first kappa shape index (κ1) is 21.7. The van der Waals surface area contributed by atoms with Gasteiger partial charge in [0.2, 0.25) is 5.88 Å². The molecule has 0 aliphatic heterocycles. The molecule has 30 heavy (non-hydrogen) atoms. The van der Waals surface area contributed by atoms with Gasteiger partial charge >= 0.3 is 0 Å². The second kappa shape index (κ2) is 10.1. The van der Waals surface area contributed by atoms with Gasteiger partial charge in [-0.15, -0.1) is 42.0 Å². The van der Waals surface area contributed by atoms with Gasteiger partial charge in [-0.3, -0.25) is 4.98 Å². The van der Waals surface area contributed by atoms with Crippen LogP contribution in [0.4, 0.5) is 11.5 Å². The molecule has 1 unspecified atom stereocenters. The summed E-state index contributed by atoms with van der Waals surface area (Å²) < 4.78 is 6.09. The summed E-state index contributed by atoms with van der Waals surface area (Å²) in [6, 6.07) is 33.7. The summed E-state index contributed by atoms with van der Waals surface area (Å²) in [6.45, 7) is 1.98.